The third-order valence-corrected chi connectivity index (χ3v) is 3.87. The molecule has 2 aromatic carbocycles. The lowest BCUT2D eigenvalue weighted by Crippen LogP contribution is -2.01. The van der Waals surface area contributed by atoms with Gasteiger partial charge >= 0.3 is 0 Å². The number of benzene rings is 2. The van der Waals surface area contributed by atoms with Gasteiger partial charge < -0.3 is 9.72 Å². The summed E-state index contributed by atoms with van der Waals surface area (Å²) in [5.41, 5.74) is 6.10. The molecule has 0 bridgehead atoms. The van der Waals surface area contributed by atoms with Crippen molar-refractivity contribution in [2.75, 3.05) is 12.0 Å². The highest BCUT2D eigenvalue weighted by Gasteiger charge is 2.08. The van der Waals surface area contributed by atoms with E-state index in [0.717, 1.165) is 34.2 Å². The van der Waals surface area contributed by atoms with Gasteiger partial charge in [-0.1, -0.05) is 37.3 Å². The van der Waals surface area contributed by atoms with Gasteiger partial charge in [0.25, 0.3) is 5.95 Å². The Morgan fingerprint density at radius 2 is 1.96 bits per heavy atom. The molecule has 0 aliphatic rings. The van der Waals surface area contributed by atoms with E-state index >= 15 is 0 Å². The molecule has 0 aliphatic heterocycles. The lowest BCUT2D eigenvalue weighted by Gasteiger charge is -2.07. The van der Waals surface area contributed by atoms with Crippen LogP contribution in [0.2, 0.25) is 0 Å². The van der Waals surface area contributed by atoms with Gasteiger partial charge in [0.1, 0.15) is 11.3 Å². The highest BCUT2D eigenvalue weighted by atomic mass is 16.5. The third kappa shape index (κ3) is 3.19. The molecule has 2 N–H and O–H groups in total. The van der Waals surface area contributed by atoms with Gasteiger partial charge in [-0.05, 0) is 24.6 Å². The van der Waals surface area contributed by atoms with Crippen LogP contribution in [0, 0.1) is 0 Å². The van der Waals surface area contributed by atoms with E-state index in [1.54, 1.807) is 6.21 Å². The third-order valence-electron chi connectivity index (χ3n) is 3.87. The molecule has 4 rings (SSSR count). The van der Waals surface area contributed by atoms with Gasteiger partial charge in [0.05, 0.1) is 12.8 Å². The summed E-state index contributed by atoms with van der Waals surface area (Å²) in [6.07, 6.45) is 2.64. The maximum atomic E-state index is 5.71. The minimum atomic E-state index is 0.326. The Hall–Kier alpha value is -3.48. The molecule has 2 aromatic heterocycles. The van der Waals surface area contributed by atoms with Crippen LogP contribution >= 0.6 is 0 Å². The molecule has 0 saturated carbocycles. The average molecular weight is 346 g/mol. The molecule has 2 heterocycles. The molecule has 0 aliphatic carbocycles. The van der Waals surface area contributed by atoms with Crippen molar-refractivity contribution in [3.05, 3.63) is 54.1 Å². The molecule has 7 heteroatoms. The van der Waals surface area contributed by atoms with Crippen molar-refractivity contribution in [1.29, 1.82) is 0 Å². The summed E-state index contributed by atoms with van der Waals surface area (Å²) < 4.78 is 5.71. The predicted molar refractivity (Wildman–Crippen MR) is 103 cm³/mol. The van der Waals surface area contributed by atoms with Crippen LogP contribution in [0.15, 0.2) is 53.6 Å². The van der Waals surface area contributed by atoms with Crippen molar-refractivity contribution in [1.82, 2.24) is 20.2 Å². The number of nitrogens with one attached hydrogen (secondary N) is 2. The standard InChI is InChI=1S/C19H18N6O/c1-2-11-26-16-10-6-3-7-13(16)12-20-24-19-22-18-17(23-25-19)14-8-4-5-9-15(14)21-18/h3-10,12H,2,11H2,1H3,(H2,21,22,24,25)/b20-12+. The van der Waals surface area contributed by atoms with E-state index in [4.69, 9.17) is 4.74 Å². The zero-order valence-corrected chi connectivity index (χ0v) is 14.3. The quantitative estimate of drug-likeness (QED) is 0.410. The second-order valence-electron chi connectivity index (χ2n) is 5.76. The summed E-state index contributed by atoms with van der Waals surface area (Å²) in [4.78, 5) is 7.66. The van der Waals surface area contributed by atoms with Crippen LogP contribution in [0.1, 0.15) is 18.9 Å². The number of hydrazone groups is 1. The zero-order valence-electron chi connectivity index (χ0n) is 14.3. The molecule has 4 aromatic rings. The first-order valence-corrected chi connectivity index (χ1v) is 8.47. The summed E-state index contributed by atoms with van der Waals surface area (Å²) in [5, 5.41) is 13.6. The van der Waals surface area contributed by atoms with Crippen LogP contribution in [-0.4, -0.2) is 33.0 Å². The highest BCUT2D eigenvalue weighted by Crippen LogP contribution is 2.22. The van der Waals surface area contributed by atoms with Crippen molar-refractivity contribution in [2.45, 2.75) is 13.3 Å². The van der Waals surface area contributed by atoms with Crippen LogP contribution in [0.25, 0.3) is 22.1 Å². The van der Waals surface area contributed by atoms with Crippen molar-refractivity contribution in [3.8, 4) is 5.75 Å². The summed E-state index contributed by atoms with van der Waals surface area (Å²) in [7, 11) is 0. The molecule has 0 amide bonds. The summed E-state index contributed by atoms with van der Waals surface area (Å²) >= 11 is 0. The largest absolute Gasteiger partial charge is 0.493 e. The predicted octanol–water partition coefficient (Wildman–Crippen LogP) is 3.74. The fourth-order valence-electron chi connectivity index (χ4n) is 2.66. The van der Waals surface area contributed by atoms with Gasteiger partial charge in [0.15, 0.2) is 5.65 Å². The number of anilines is 1. The molecule has 26 heavy (non-hydrogen) atoms. The Balaban J connectivity index is 1.54. The first-order valence-electron chi connectivity index (χ1n) is 8.47. The van der Waals surface area contributed by atoms with Crippen LogP contribution in [0.5, 0.6) is 5.75 Å². The molecule has 130 valence electrons. The number of hydrogen-bond donors (Lipinski definition) is 2. The smallest absolute Gasteiger partial charge is 0.265 e. The van der Waals surface area contributed by atoms with Crippen LogP contribution in [0.3, 0.4) is 0 Å². The molecule has 0 saturated heterocycles. The van der Waals surface area contributed by atoms with Gasteiger partial charge in [0, 0.05) is 16.5 Å². The van der Waals surface area contributed by atoms with E-state index in [2.05, 4.69) is 37.6 Å². The number of aromatic nitrogens is 4. The molecule has 0 spiro atoms. The molecular weight excluding hydrogens is 328 g/mol. The average Bonchev–Trinajstić information content (AvgIpc) is 3.05. The van der Waals surface area contributed by atoms with Gasteiger partial charge in [-0.3, -0.25) is 0 Å². The summed E-state index contributed by atoms with van der Waals surface area (Å²) in [5.74, 6) is 1.12. The van der Waals surface area contributed by atoms with Gasteiger partial charge in [-0.2, -0.15) is 10.1 Å². The molecule has 0 unspecified atom stereocenters. The fourth-order valence-corrected chi connectivity index (χ4v) is 2.66. The van der Waals surface area contributed by atoms with Crippen molar-refractivity contribution in [3.63, 3.8) is 0 Å². The Morgan fingerprint density at radius 3 is 2.88 bits per heavy atom. The number of nitrogens with zero attached hydrogens (tertiary/aromatic N) is 4. The van der Waals surface area contributed by atoms with E-state index in [1.807, 2.05) is 48.5 Å². The second kappa shape index (κ2) is 7.18. The Labute approximate surface area is 150 Å². The Bertz CT molecular complexity index is 1070. The van der Waals surface area contributed by atoms with Crippen molar-refractivity contribution < 1.29 is 4.74 Å². The lowest BCUT2D eigenvalue weighted by molar-refractivity contribution is 0.317. The van der Waals surface area contributed by atoms with Crippen molar-refractivity contribution >= 4 is 34.2 Å². The number of para-hydroxylation sites is 2. The van der Waals surface area contributed by atoms with E-state index < -0.39 is 0 Å². The minimum absolute atomic E-state index is 0.326. The highest BCUT2D eigenvalue weighted by molar-refractivity contribution is 6.03. The van der Waals surface area contributed by atoms with E-state index in [0.29, 0.717) is 18.2 Å². The van der Waals surface area contributed by atoms with Crippen LogP contribution in [-0.2, 0) is 0 Å². The molecule has 7 nitrogen and oxygen atoms in total. The maximum Gasteiger partial charge on any atom is 0.265 e. The lowest BCUT2D eigenvalue weighted by atomic mass is 10.2. The summed E-state index contributed by atoms with van der Waals surface area (Å²) in [6.45, 7) is 2.74. The Morgan fingerprint density at radius 1 is 1.12 bits per heavy atom. The van der Waals surface area contributed by atoms with Crippen LogP contribution < -0.4 is 10.2 Å². The zero-order chi connectivity index (χ0) is 17.8. The van der Waals surface area contributed by atoms with Gasteiger partial charge in [0.2, 0.25) is 0 Å². The number of fused-ring (bicyclic) bond motifs is 3. The van der Waals surface area contributed by atoms with Crippen LogP contribution in [0.4, 0.5) is 5.95 Å². The normalized spacial score (nSPS) is 11.4. The Kier molecular flexibility index (Phi) is 4.42. The number of aromatic amines is 1. The second-order valence-corrected chi connectivity index (χ2v) is 5.76. The number of rotatable bonds is 6. The summed E-state index contributed by atoms with van der Waals surface area (Å²) in [6, 6.07) is 15.6. The number of H-pyrrole nitrogens is 1. The SMILES string of the molecule is CCCOc1ccccc1/C=N/Nc1nnc2c(n1)[nH]c1ccccc12. The monoisotopic (exact) mass is 346 g/mol. The van der Waals surface area contributed by atoms with Gasteiger partial charge in [-0.25, -0.2) is 5.43 Å². The van der Waals surface area contributed by atoms with E-state index in [9.17, 15) is 0 Å². The molecular formula is C19H18N6O. The molecule has 0 atom stereocenters. The minimum Gasteiger partial charge on any atom is -0.493 e. The fraction of sp³-hybridized carbons (Fsp3) is 0.158. The first kappa shape index (κ1) is 16.0. The topological polar surface area (TPSA) is 88.1 Å². The van der Waals surface area contributed by atoms with E-state index in [-0.39, 0.29) is 0 Å². The van der Waals surface area contributed by atoms with E-state index in [1.165, 1.54) is 0 Å². The maximum absolute atomic E-state index is 5.71. The molecule has 0 radical (unpaired) electrons. The van der Waals surface area contributed by atoms with Gasteiger partial charge in [-0.15, -0.1) is 10.2 Å². The first-order chi connectivity index (χ1) is 12.8. The van der Waals surface area contributed by atoms with Crippen molar-refractivity contribution in [2.24, 2.45) is 5.10 Å². The number of hydrogen-bond acceptors (Lipinski definition) is 6. The number of ether oxygens (including phenoxy) is 1. The molecule has 0 fully saturated rings.